The molecule has 0 N–H and O–H groups in total. The first-order valence-corrected chi connectivity index (χ1v) is 9.35. The van der Waals surface area contributed by atoms with E-state index in [0.717, 1.165) is 28.2 Å². The fourth-order valence-corrected chi connectivity index (χ4v) is 3.71. The first kappa shape index (κ1) is 19.7. The second-order valence-corrected chi connectivity index (χ2v) is 7.40. The summed E-state index contributed by atoms with van der Waals surface area (Å²) in [6.07, 6.45) is 0. The highest BCUT2D eigenvalue weighted by Crippen LogP contribution is 2.43. The van der Waals surface area contributed by atoms with Crippen molar-refractivity contribution in [3.63, 3.8) is 0 Å². The Labute approximate surface area is 166 Å². The molecule has 0 bridgehead atoms. The van der Waals surface area contributed by atoms with Gasteiger partial charge >= 0.3 is 0 Å². The number of carbonyl (C=O) groups is 1. The van der Waals surface area contributed by atoms with Crippen LogP contribution in [-0.4, -0.2) is 20.0 Å². The summed E-state index contributed by atoms with van der Waals surface area (Å²) in [4.78, 5) is 13.5. The van der Waals surface area contributed by atoms with Gasteiger partial charge < -0.3 is 9.47 Å². The molecule has 3 aromatic rings. The van der Waals surface area contributed by atoms with Crippen LogP contribution in [0.3, 0.4) is 0 Å². The summed E-state index contributed by atoms with van der Waals surface area (Å²) < 4.78 is 10.6. The first-order chi connectivity index (χ1) is 13.5. The zero-order valence-corrected chi connectivity index (χ0v) is 16.8. The van der Waals surface area contributed by atoms with Gasteiger partial charge in [0.1, 0.15) is 11.5 Å². The zero-order valence-electron chi connectivity index (χ0n) is 16.8. The second kappa shape index (κ2) is 8.30. The Bertz CT molecular complexity index is 863. The molecule has 0 aliphatic heterocycles. The second-order valence-electron chi connectivity index (χ2n) is 7.40. The third-order valence-electron chi connectivity index (χ3n) is 5.24. The lowest BCUT2D eigenvalue weighted by molar-refractivity contribution is 0.0816. The Morgan fingerprint density at radius 3 is 1.54 bits per heavy atom. The van der Waals surface area contributed by atoms with Crippen LogP contribution in [0.25, 0.3) is 0 Å². The van der Waals surface area contributed by atoms with Gasteiger partial charge in [-0.05, 0) is 35.4 Å². The molecule has 144 valence electrons. The van der Waals surface area contributed by atoms with Gasteiger partial charge in [0.05, 0.1) is 14.2 Å². The summed E-state index contributed by atoms with van der Waals surface area (Å²) in [5.41, 5.74) is 2.21. The van der Waals surface area contributed by atoms with Gasteiger partial charge in [0.2, 0.25) is 0 Å². The number of carbonyl (C=O) groups excluding carboxylic acids is 1. The fraction of sp³-hybridized carbons (Fsp3) is 0.240. The Morgan fingerprint density at radius 1 is 0.714 bits per heavy atom. The van der Waals surface area contributed by atoms with Gasteiger partial charge in [-0.3, -0.25) is 4.79 Å². The molecule has 0 amide bonds. The van der Waals surface area contributed by atoms with Crippen molar-refractivity contribution in [2.24, 2.45) is 5.41 Å². The molecule has 0 saturated heterocycles. The predicted octanol–water partition coefficient (Wildman–Crippen LogP) is 5.74. The minimum atomic E-state index is -0.648. The van der Waals surface area contributed by atoms with Crippen LogP contribution in [0.4, 0.5) is 0 Å². The molecule has 3 heteroatoms. The van der Waals surface area contributed by atoms with Crippen molar-refractivity contribution in [1.29, 1.82) is 0 Å². The molecule has 0 unspecified atom stereocenters. The molecule has 3 nitrogen and oxygen atoms in total. The van der Waals surface area contributed by atoms with E-state index >= 15 is 0 Å². The number of hydrogen-bond acceptors (Lipinski definition) is 3. The van der Waals surface area contributed by atoms with E-state index in [2.05, 4.69) is 0 Å². The highest BCUT2D eigenvalue weighted by Gasteiger charge is 2.39. The maximum Gasteiger partial charge on any atom is 0.169 e. The van der Waals surface area contributed by atoms with Gasteiger partial charge in [0.25, 0.3) is 0 Å². The first-order valence-electron chi connectivity index (χ1n) is 9.35. The smallest absolute Gasteiger partial charge is 0.169 e. The Hall–Kier alpha value is -3.07. The lowest BCUT2D eigenvalue weighted by Crippen LogP contribution is -2.32. The van der Waals surface area contributed by atoms with Crippen LogP contribution >= 0.6 is 0 Å². The van der Waals surface area contributed by atoms with E-state index in [4.69, 9.17) is 9.47 Å². The molecule has 0 aliphatic carbocycles. The molecule has 0 heterocycles. The molecule has 28 heavy (non-hydrogen) atoms. The topological polar surface area (TPSA) is 35.5 Å². The van der Waals surface area contributed by atoms with Gasteiger partial charge in [0.15, 0.2) is 5.78 Å². The van der Waals surface area contributed by atoms with Crippen LogP contribution in [0.5, 0.6) is 11.5 Å². The summed E-state index contributed by atoms with van der Waals surface area (Å²) in [6.45, 7) is 4.03. The molecule has 0 atom stereocenters. The minimum absolute atomic E-state index is 0.114. The highest BCUT2D eigenvalue weighted by molar-refractivity contribution is 6.01. The van der Waals surface area contributed by atoms with Gasteiger partial charge in [-0.15, -0.1) is 0 Å². The van der Waals surface area contributed by atoms with E-state index in [-0.39, 0.29) is 11.7 Å². The van der Waals surface area contributed by atoms with Crippen molar-refractivity contribution >= 4 is 5.78 Å². The zero-order chi connectivity index (χ0) is 20.1. The SMILES string of the molecule is COc1ccc(C(c2ccc(OC)cc2)C(C)(C)C(=O)c2ccccc2)cc1. The van der Waals surface area contributed by atoms with Crippen molar-refractivity contribution in [3.8, 4) is 11.5 Å². The molecule has 0 aliphatic rings. The van der Waals surface area contributed by atoms with E-state index in [9.17, 15) is 4.79 Å². The Morgan fingerprint density at radius 2 is 1.14 bits per heavy atom. The van der Waals surface area contributed by atoms with Crippen LogP contribution in [0.15, 0.2) is 78.9 Å². The monoisotopic (exact) mass is 374 g/mol. The van der Waals surface area contributed by atoms with E-state index in [1.807, 2.05) is 92.7 Å². The number of rotatable bonds is 7. The molecular formula is C25H26O3. The van der Waals surface area contributed by atoms with Crippen molar-refractivity contribution in [2.75, 3.05) is 14.2 Å². The number of Topliss-reactive ketones (excluding diaryl/α,β-unsaturated/α-hetero) is 1. The maximum absolute atomic E-state index is 13.5. The van der Waals surface area contributed by atoms with E-state index in [1.54, 1.807) is 14.2 Å². The molecule has 0 spiro atoms. The predicted molar refractivity (Wildman–Crippen MR) is 112 cm³/mol. The van der Waals surface area contributed by atoms with Crippen molar-refractivity contribution in [2.45, 2.75) is 19.8 Å². The average Bonchev–Trinajstić information content (AvgIpc) is 2.75. The van der Waals surface area contributed by atoms with Gasteiger partial charge in [0, 0.05) is 16.9 Å². The third-order valence-corrected chi connectivity index (χ3v) is 5.24. The number of methoxy groups -OCH3 is 2. The summed E-state index contributed by atoms with van der Waals surface area (Å²) in [5, 5.41) is 0. The van der Waals surface area contributed by atoms with Gasteiger partial charge in [-0.25, -0.2) is 0 Å². The van der Waals surface area contributed by atoms with Crippen molar-refractivity contribution in [1.82, 2.24) is 0 Å². The molecule has 0 saturated carbocycles. The molecule has 0 fully saturated rings. The van der Waals surface area contributed by atoms with Gasteiger partial charge in [-0.1, -0.05) is 68.4 Å². The van der Waals surface area contributed by atoms with E-state index in [0.29, 0.717) is 0 Å². The van der Waals surface area contributed by atoms with Crippen LogP contribution in [-0.2, 0) is 0 Å². The minimum Gasteiger partial charge on any atom is -0.497 e. The van der Waals surface area contributed by atoms with E-state index < -0.39 is 5.41 Å². The number of ether oxygens (including phenoxy) is 2. The molecular weight excluding hydrogens is 348 g/mol. The van der Waals surface area contributed by atoms with Crippen LogP contribution in [0.1, 0.15) is 41.3 Å². The summed E-state index contributed by atoms with van der Waals surface area (Å²) in [5.74, 6) is 1.59. The largest absolute Gasteiger partial charge is 0.497 e. The Balaban J connectivity index is 2.09. The van der Waals surface area contributed by atoms with Crippen molar-refractivity contribution < 1.29 is 14.3 Å². The van der Waals surface area contributed by atoms with Crippen LogP contribution in [0, 0.1) is 5.41 Å². The maximum atomic E-state index is 13.5. The Kier molecular flexibility index (Phi) is 5.84. The van der Waals surface area contributed by atoms with Crippen LogP contribution < -0.4 is 9.47 Å². The number of hydrogen-bond donors (Lipinski definition) is 0. The summed E-state index contributed by atoms with van der Waals surface area (Å²) in [6, 6.07) is 25.4. The van der Waals surface area contributed by atoms with Crippen molar-refractivity contribution in [3.05, 3.63) is 95.6 Å². The number of ketones is 1. The lowest BCUT2D eigenvalue weighted by atomic mass is 9.67. The molecule has 3 rings (SSSR count). The lowest BCUT2D eigenvalue weighted by Gasteiger charge is -2.34. The number of benzene rings is 3. The standard InChI is InChI=1S/C25H26O3/c1-25(2,24(26)20-8-6-5-7-9-20)23(18-10-14-21(27-3)15-11-18)19-12-16-22(28-4)17-13-19/h5-17,23H,1-4H3. The summed E-state index contributed by atoms with van der Waals surface area (Å²) in [7, 11) is 3.30. The average molecular weight is 374 g/mol. The summed E-state index contributed by atoms with van der Waals surface area (Å²) >= 11 is 0. The normalized spacial score (nSPS) is 11.3. The molecule has 0 radical (unpaired) electrons. The third kappa shape index (κ3) is 3.94. The van der Waals surface area contributed by atoms with Gasteiger partial charge in [-0.2, -0.15) is 0 Å². The van der Waals surface area contributed by atoms with Crippen LogP contribution in [0.2, 0.25) is 0 Å². The molecule has 3 aromatic carbocycles. The quantitative estimate of drug-likeness (QED) is 0.494. The van der Waals surface area contributed by atoms with E-state index in [1.165, 1.54) is 0 Å². The fourth-order valence-electron chi connectivity index (χ4n) is 3.71. The highest BCUT2D eigenvalue weighted by atomic mass is 16.5. The molecule has 0 aromatic heterocycles.